The van der Waals surface area contributed by atoms with Crippen molar-refractivity contribution in [1.82, 2.24) is 14.0 Å². The van der Waals surface area contributed by atoms with E-state index in [0.29, 0.717) is 18.2 Å². The molecule has 1 aliphatic heterocycles. The average Bonchev–Trinajstić information content (AvgIpc) is 2.73. The Morgan fingerprint density at radius 3 is 2.45 bits per heavy atom. The smallest absolute Gasteiger partial charge is 0.332 e. The predicted octanol–water partition coefficient (Wildman–Crippen LogP) is 0.413. The number of hydrogen-bond donors (Lipinski definition) is 0. The summed E-state index contributed by atoms with van der Waals surface area (Å²) in [5, 5.41) is 0. The lowest BCUT2D eigenvalue weighted by Gasteiger charge is -2.36. The summed E-state index contributed by atoms with van der Waals surface area (Å²) in [4.78, 5) is 29.2. The Bertz CT molecular complexity index is 948. The third-order valence-electron chi connectivity index (χ3n) is 5.23. The van der Waals surface area contributed by atoms with Gasteiger partial charge in [-0.05, 0) is 29.7 Å². The van der Waals surface area contributed by atoms with Crippen LogP contribution in [0, 0.1) is 0 Å². The summed E-state index contributed by atoms with van der Waals surface area (Å²) in [6.45, 7) is 4.72. The highest BCUT2D eigenvalue weighted by Crippen LogP contribution is 2.23. The van der Waals surface area contributed by atoms with Gasteiger partial charge in [-0.15, -0.1) is 0 Å². The van der Waals surface area contributed by atoms with Gasteiger partial charge >= 0.3 is 5.69 Å². The molecule has 0 saturated carbocycles. The lowest BCUT2D eigenvalue weighted by Crippen LogP contribution is -2.49. The Labute approximate surface area is 173 Å². The van der Waals surface area contributed by atoms with Crippen LogP contribution < -0.4 is 20.9 Å². The maximum Gasteiger partial charge on any atom is 0.332 e. The first kappa shape index (κ1) is 21.5. The maximum atomic E-state index is 12.1. The number of rotatable bonds is 7. The number of para-hydroxylation sites is 1. The zero-order valence-electron chi connectivity index (χ0n) is 17.2. The van der Waals surface area contributed by atoms with Crippen molar-refractivity contribution in [2.75, 3.05) is 50.5 Å². The summed E-state index contributed by atoms with van der Waals surface area (Å²) < 4.78 is 20.2. The highest BCUT2D eigenvalue weighted by molar-refractivity contribution is 7.90. The first-order chi connectivity index (χ1) is 13.9. The third-order valence-corrected chi connectivity index (χ3v) is 6.19. The van der Waals surface area contributed by atoms with E-state index in [1.54, 1.807) is 13.3 Å². The van der Waals surface area contributed by atoms with Gasteiger partial charge in [0.2, 0.25) is 0 Å². The summed E-state index contributed by atoms with van der Waals surface area (Å²) >= 11 is -1.07. The molecule has 0 bridgehead atoms. The summed E-state index contributed by atoms with van der Waals surface area (Å²) in [6.07, 6.45) is 2.52. The maximum absolute atomic E-state index is 12.1. The normalized spacial score (nSPS) is 16.1. The Kier molecular flexibility index (Phi) is 7.05. The number of aromatic nitrogens is 2. The molecule has 1 aromatic heterocycles. The fourth-order valence-corrected chi connectivity index (χ4v) is 4.18. The van der Waals surface area contributed by atoms with Crippen molar-refractivity contribution in [3.8, 4) is 5.75 Å². The summed E-state index contributed by atoms with van der Waals surface area (Å²) in [7, 11) is 3.19. The van der Waals surface area contributed by atoms with E-state index in [-0.39, 0.29) is 11.2 Å². The molecule has 1 aliphatic rings. The minimum atomic E-state index is -1.07. The number of ether oxygens (including phenoxy) is 1. The van der Waals surface area contributed by atoms with E-state index in [4.69, 9.17) is 4.74 Å². The van der Waals surface area contributed by atoms with Crippen molar-refractivity contribution in [3.05, 3.63) is 51.2 Å². The fourth-order valence-electron chi connectivity index (χ4n) is 3.50. The molecular weight excluding hydrogens is 392 g/mol. The van der Waals surface area contributed by atoms with E-state index in [1.807, 2.05) is 24.3 Å². The van der Waals surface area contributed by atoms with Crippen molar-refractivity contribution in [3.63, 3.8) is 0 Å². The molecule has 0 spiro atoms. The van der Waals surface area contributed by atoms with E-state index >= 15 is 0 Å². The Morgan fingerprint density at radius 1 is 1.07 bits per heavy atom. The van der Waals surface area contributed by atoms with Gasteiger partial charge in [-0.1, -0.05) is 12.1 Å². The molecule has 0 amide bonds. The molecule has 1 fully saturated rings. The van der Waals surface area contributed by atoms with Gasteiger partial charge in [0.05, 0.1) is 6.61 Å². The van der Waals surface area contributed by atoms with E-state index in [1.165, 1.54) is 17.7 Å². The van der Waals surface area contributed by atoms with Gasteiger partial charge in [-0.2, -0.15) is 0 Å². The molecule has 8 nitrogen and oxygen atoms in total. The van der Waals surface area contributed by atoms with Crippen LogP contribution in [0.5, 0.6) is 5.75 Å². The zero-order valence-corrected chi connectivity index (χ0v) is 18.0. The third kappa shape index (κ3) is 5.04. The molecule has 1 aromatic carbocycles. The molecule has 3 rings (SSSR count). The van der Waals surface area contributed by atoms with Crippen molar-refractivity contribution in [2.45, 2.75) is 11.3 Å². The van der Waals surface area contributed by atoms with E-state index < -0.39 is 11.2 Å². The molecule has 1 atom stereocenters. The van der Waals surface area contributed by atoms with Gasteiger partial charge in [0.25, 0.3) is 5.56 Å². The van der Waals surface area contributed by atoms with Gasteiger partial charge in [0.1, 0.15) is 12.1 Å². The number of benzene rings is 1. The van der Waals surface area contributed by atoms with Crippen LogP contribution in [0.2, 0.25) is 0 Å². The Hall–Kier alpha value is -2.23. The molecule has 0 radical (unpaired) electrons. The van der Waals surface area contributed by atoms with Crippen LogP contribution in [0.1, 0.15) is 6.42 Å². The molecule has 9 heteroatoms. The first-order valence-corrected chi connectivity index (χ1v) is 11.2. The molecule has 0 N–H and O–H groups in total. The molecule has 0 aliphatic carbocycles. The van der Waals surface area contributed by atoms with Crippen molar-refractivity contribution in [2.24, 2.45) is 14.1 Å². The van der Waals surface area contributed by atoms with Gasteiger partial charge < -0.3 is 14.2 Å². The Morgan fingerprint density at radius 2 is 1.76 bits per heavy atom. The van der Waals surface area contributed by atoms with E-state index in [2.05, 4.69) is 9.80 Å². The quantitative estimate of drug-likeness (QED) is 0.477. The van der Waals surface area contributed by atoms with Crippen LogP contribution in [0.15, 0.2) is 44.8 Å². The summed E-state index contributed by atoms with van der Waals surface area (Å²) in [5.41, 5.74) is -0.587. The SMILES string of the molecule is Cn1c(N2CCN(CCCOc3ccccc3[S+](C)[O-])CC2)cc(=O)n(C)c1=O. The minimum absolute atomic E-state index is 0.282. The number of hydrogen-bond acceptors (Lipinski definition) is 6. The topological polar surface area (TPSA) is 82.8 Å². The van der Waals surface area contributed by atoms with Crippen LogP contribution in [0.4, 0.5) is 5.82 Å². The standard InChI is InChI=1S/C20H28N4O4S/c1-21-18(15-19(25)22(2)20(21)26)24-12-10-23(11-13-24)9-6-14-28-16-7-4-5-8-17(16)29(3)27/h4-5,7-8,15H,6,9-14H2,1-3H3. The largest absolute Gasteiger partial charge is 0.612 e. The van der Waals surface area contributed by atoms with Crippen LogP contribution in [-0.2, 0) is 25.3 Å². The number of piperazine rings is 1. The molecule has 29 heavy (non-hydrogen) atoms. The van der Waals surface area contributed by atoms with Gasteiger partial charge in [-0.3, -0.25) is 18.8 Å². The van der Waals surface area contributed by atoms with Crippen molar-refractivity contribution < 1.29 is 9.29 Å². The fraction of sp³-hybridized carbons (Fsp3) is 0.500. The van der Waals surface area contributed by atoms with Crippen molar-refractivity contribution in [1.29, 1.82) is 0 Å². The highest BCUT2D eigenvalue weighted by atomic mass is 32.2. The second-order valence-corrected chi connectivity index (χ2v) is 8.52. The molecule has 2 heterocycles. The predicted molar refractivity (Wildman–Crippen MR) is 114 cm³/mol. The lowest BCUT2D eigenvalue weighted by atomic mass is 10.3. The van der Waals surface area contributed by atoms with Gasteiger partial charge in [-0.25, -0.2) is 4.79 Å². The van der Waals surface area contributed by atoms with Gasteiger partial charge in [0, 0.05) is 52.9 Å². The van der Waals surface area contributed by atoms with Crippen molar-refractivity contribution >= 4 is 17.0 Å². The van der Waals surface area contributed by atoms with Gasteiger partial charge in [0.15, 0.2) is 10.6 Å². The molecule has 158 valence electrons. The summed E-state index contributed by atoms with van der Waals surface area (Å²) in [6, 6.07) is 8.95. The van der Waals surface area contributed by atoms with Crippen LogP contribution in [-0.4, -0.2) is 64.2 Å². The van der Waals surface area contributed by atoms with E-state index in [0.717, 1.165) is 48.6 Å². The highest BCUT2D eigenvalue weighted by Gasteiger charge is 2.20. The number of anilines is 1. The van der Waals surface area contributed by atoms with Crippen LogP contribution in [0.25, 0.3) is 0 Å². The average molecular weight is 421 g/mol. The zero-order chi connectivity index (χ0) is 21.0. The lowest BCUT2D eigenvalue weighted by molar-refractivity contribution is 0.222. The second-order valence-electron chi connectivity index (χ2n) is 7.17. The first-order valence-electron chi connectivity index (χ1n) is 9.68. The van der Waals surface area contributed by atoms with Crippen LogP contribution in [0.3, 0.4) is 0 Å². The molecule has 1 unspecified atom stereocenters. The molecule has 2 aromatic rings. The minimum Gasteiger partial charge on any atom is -0.612 e. The number of nitrogens with zero attached hydrogens (tertiary/aromatic N) is 4. The molecule has 1 saturated heterocycles. The second kappa shape index (κ2) is 9.51. The van der Waals surface area contributed by atoms with Crippen LogP contribution >= 0.6 is 0 Å². The monoisotopic (exact) mass is 420 g/mol. The summed E-state index contributed by atoms with van der Waals surface area (Å²) in [5.74, 6) is 1.36. The molecular formula is C20H28N4O4S. The van der Waals surface area contributed by atoms with E-state index in [9.17, 15) is 14.1 Å². The Balaban J connectivity index is 1.48.